The summed E-state index contributed by atoms with van der Waals surface area (Å²) in [7, 11) is 0. The molecule has 0 spiro atoms. The van der Waals surface area contributed by atoms with Crippen LogP contribution in [0.25, 0.3) is 0 Å². The van der Waals surface area contributed by atoms with Crippen LogP contribution < -0.4 is 5.32 Å². The van der Waals surface area contributed by atoms with Crippen molar-refractivity contribution in [3.05, 3.63) is 12.7 Å². The highest BCUT2D eigenvalue weighted by molar-refractivity contribution is 5.76. The Kier molecular flexibility index (Phi) is 4.14. The minimum Gasteiger partial charge on any atom is -0.337 e. The lowest BCUT2D eigenvalue weighted by Crippen LogP contribution is -2.56. The van der Waals surface area contributed by atoms with E-state index >= 15 is 0 Å². The highest BCUT2D eigenvalue weighted by Gasteiger charge is 2.25. The number of hydrogen-bond acceptors (Lipinski definition) is 2. The second kappa shape index (κ2) is 5.15. The molecule has 1 aliphatic heterocycles. The van der Waals surface area contributed by atoms with Crippen molar-refractivity contribution in [3.63, 3.8) is 0 Å². The van der Waals surface area contributed by atoms with Gasteiger partial charge in [0.1, 0.15) is 0 Å². The number of piperazine rings is 1. The first-order valence-electron chi connectivity index (χ1n) is 5.29. The molecule has 2 atom stereocenters. The molecule has 1 fully saturated rings. The maximum atomic E-state index is 11.8. The van der Waals surface area contributed by atoms with Crippen molar-refractivity contribution in [2.45, 2.75) is 38.8 Å². The van der Waals surface area contributed by atoms with Crippen LogP contribution in [0.2, 0.25) is 0 Å². The minimum absolute atomic E-state index is 0.255. The molecule has 0 aliphatic carbocycles. The third-order valence-electron chi connectivity index (χ3n) is 2.65. The lowest BCUT2D eigenvalue weighted by Gasteiger charge is -2.37. The van der Waals surface area contributed by atoms with E-state index in [1.807, 2.05) is 4.90 Å². The smallest absolute Gasteiger partial charge is 0.223 e. The molecule has 3 nitrogen and oxygen atoms in total. The summed E-state index contributed by atoms with van der Waals surface area (Å²) >= 11 is 0. The Morgan fingerprint density at radius 3 is 3.00 bits per heavy atom. The minimum atomic E-state index is 0.255. The largest absolute Gasteiger partial charge is 0.337 e. The van der Waals surface area contributed by atoms with Crippen molar-refractivity contribution in [2.75, 3.05) is 13.1 Å². The third-order valence-corrected chi connectivity index (χ3v) is 2.65. The average Bonchev–Trinajstić information content (AvgIpc) is 2.18. The van der Waals surface area contributed by atoms with Crippen LogP contribution in [-0.2, 0) is 4.79 Å². The monoisotopic (exact) mass is 196 g/mol. The molecule has 80 valence electrons. The van der Waals surface area contributed by atoms with Crippen LogP contribution in [-0.4, -0.2) is 36.0 Å². The fraction of sp³-hybridized carbons (Fsp3) is 0.727. The van der Waals surface area contributed by atoms with E-state index in [0.29, 0.717) is 18.5 Å². The van der Waals surface area contributed by atoms with Gasteiger partial charge in [0.05, 0.1) is 0 Å². The van der Waals surface area contributed by atoms with Gasteiger partial charge in [0.15, 0.2) is 0 Å². The maximum Gasteiger partial charge on any atom is 0.223 e. The predicted octanol–water partition coefficient (Wildman–Crippen LogP) is 1.16. The summed E-state index contributed by atoms with van der Waals surface area (Å²) in [6.45, 7) is 9.56. The van der Waals surface area contributed by atoms with Gasteiger partial charge >= 0.3 is 0 Å². The van der Waals surface area contributed by atoms with Gasteiger partial charge in [-0.25, -0.2) is 0 Å². The quantitative estimate of drug-likeness (QED) is 0.687. The van der Waals surface area contributed by atoms with E-state index in [-0.39, 0.29) is 5.91 Å². The molecule has 3 heteroatoms. The summed E-state index contributed by atoms with van der Waals surface area (Å²) in [6, 6.07) is 0.738. The standard InChI is InChI=1S/C11H20N2O/c1-4-5-6-11(14)13-8-9(2)12-7-10(13)3/h4,9-10,12H,1,5-8H2,2-3H3. The lowest BCUT2D eigenvalue weighted by atomic mass is 10.1. The zero-order valence-electron chi connectivity index (χ0n) is 9.12. The lowest BCUT2D eigenvalue weighted by molar-refractivity contribution is -0.134. The van der Waals surface area contributed by atoms with Gasteiger partial charge < -0.3 is 10.2 Å². The van der Waals surface area contributed by atoms with E-state index in [1.165, 1.54) is 0 Å². The number of rotatable bonds is 3. The number of amides is 1. The summed E-state index contributed by atoms with van der Waals surface area (Å²) < 4.78 is 0. The Bertz CT molecular complexity index is 215. The van der Waals surface area contributed by atoms with Crippen LogP contribution >= 0.6 is 0 Å². The highest BCUT2D eigenvalue weighted by atomic mass is 16.2. The fourth-order valence-corrected chi connectivity index (χ4v) is 1.74. The summed E-state index contributed by atoms with van der Waals surface area (Å²) in [6.07, 6.45) is 3.18. The van der Waals surface area contributed by atoms with Crippen LogP contribution in [0.5, 0.6) is 0 Å². The number of nitrogens with zero attached hydrogens (tertiary/aromatic N) is 1. The predicted molar refractivity (Wildman–Crippen MR) is 58.1 cm³/mol. The molecule has 1 rings (SSSR count). The molecule has 1 aliphatic rings. The van der Waals surface area contributed by atoms with Gasteiger partial charge in [0, 0.05) is 31.6 Å². The second-order valence-corrected chi connectivity index (χ2v) is 4.03. The molecule has 0 aromatic heterocycles. The van der Waals surface area contributed by atoms with Crippen molar-refractivity contribution >= 4 is 5.91 Å². The van der Waals surface area contributed by atoms with E-state index in [0.717, 1.165) is 19.5 Å². The maximum absolute atomic E-state index is 11.8. The van der Waals surface area contributed by atoms with Gasteiger partial charge in [0.2, 0.25) is 5.91 Å². The fourth-order valence-electron chi connectivity index (χ4n) is 1.74. The molecule has 1 N–H and O–H groups in total. The van der Waals surface area contributed by atoms with Gasteiger partial charge in [-0.3, -0.25) is 4.79 Å². The van der Waals surface area contributed by atoms with Gasteiger partial charge in [-0.05, 0) is 20.3 Å². The second-order valence-electron chi connectivity index (χ2n) is 4.03. The van der Waals surface area contributed by atoms with E-state index in [1.54, 1.807) is 6.08 Å². The van der Waals surface area contributed by atoms with Crippen LogP contribution in [0.4, 0.5) is 0 Å². The first-order valence-corrected chi connectivity index (χ1v) is 5.29. The summed E-state index contributed by atoms with van der Waals surface area (Å²) in [5.74, 6) is 0.255. The zero-order chi connectivity index (χ0) is 10.6. The summed E-state index contributed by atoms with van der Waals surface area (Å²) in [5.41, 5.74) is 0. The van der Waals surface area contributed by atoms with Crippen LogP contribution in [0.15, 0.2) is 12.7 Å². The number of carbonyl (C=O) groups excluding carboxylic acids is 1. The molecular weight excluding hydrogens is 176 g/mol. The van der Waals surface area contributed by atoms with E-state index in [2.05, 4.69) is 25.7 Å². The SMILES string of the molecule is C=CCCC(=O)N1CC(C)NCC1C. The van der Waals surface area contributed by atoms with Gasteiger partial charge in [-0.15, -0.1) is 6.58 Å². The van der Waals surface area contributed by atoms with Crippen LogP contribution in [0.1, 0.15) is 26.7 Å². The zero-order valence-corrected chi connectivity index (χ0v) is 9.12. The van der Waals surface area contributed by atoms with Gasteiger partial charge in [0.25, 0.3) is 0 Å². The molecule has 2 unspecified atom stereocenters. The number of hydrogen-bond donors (Lipinski definition) is 1. The molecule has 0 saturated carbocycles. The molecule has 1 amide bonds. The Balaban J connectivity index is 2.46. The Hall–Kier alpha value is -0.830. The molecule has 0 bridgehead atoms. The van der Waals surface area contributed by atoms with E-state index in [4.69, 9.17) is 0 Å². The van der Waals surface area contributed by atoms with E-state index in [9.17, 15) is 4.79 Å². The topological polar surface area (TPSA) is 32.3 Å². The summed E-state index contributed by atoms with van der Waals surface area (Å²) in [5, 5.41) is 3.36. The molecule has 1 saturated heterocycles. The Morgan fingerprint density at radius 1 is 1.64 bits per heavy atom. The Morgan fingerprint density at radius 2 is 2.36 bits per heavy atom. The molecule has 1 heterocycles. The van der Waals surface area contributed by atoms with Crippen molar-refractivity contribution in [3.8, 4) is 0 Å². The van der Waals surface area contributed by atoms with Crippen molar-refractivity contribution in [2.24, 2.45) is 0 Å². The molecule has 14 heavy (non-hydrogen) atoms. The summed E-state index contributed by atoms with van der Waals surface area (Å²) in [4.78, 5) is 13.7. The molecular formula is C11H20N2O. The van der Waals surface area contributed by atoms with Gasteiger partial charge in [-0.1, -0.05) is 6.08 Å². The molecule has 0 aromatic rings. The van der Waals surface area contributed by atoms with Crippen molar-refractivity contribution in [1.29, 1.82) is 0 Å². The molecule has 0 aromatic carbocycles. The average molecular weight is 196 g/mol. The van der Waals surface area contributed by atoms with Gasteiger partial charge in [-0.2, -0.15) is 0 Å². The first kappa shape index (κ1) is 11.2. The number of carbonyl (C=O) groups is 1. The van der Waals surface area contributed by atoms with Crippen molar-refractivity contribution < 1.29 is 4.79 Å². The number of nitrogens with one attached hydrogen (secondary N) is 1. The number of allylic oxidation sites excluding steroid dienone is 1. The van der Waals surface area contributed by atoms with Crippen LogP contribution in [0.3, 0.4) is 0 Å². The third kappa shape index (κ3) is 2.84. The van der Waals surface area contributed by atoms with Crippen LogP contribution in [0, 0.1) is 0 Å². The Labute approximate surface area is 86.2 Å². The molecule has 0 radical (unpaired) electrons. The highest BCUT2D eigenvalue weighted by Crippen LogP contribution is 2.09. The normalized spacial score (nSPS) is 27.4. The first-order chi connectivity index (χ1) is 6.65. The van der Waals surface area contributed by atoms with Crippen molar-refractivity contribution in [1.82, 2.24) is 10.2 Å². The van der Waals surface area contributed by atoms with E-state index < -0.39 is 0 Å².